The molecule has 0 spiro atoms. The number of hydrogen-bond donors (Lipinski definition) is 2. The SMILES string of the molecule is Oc1[nH]c2ccc(F)cc2c1C1=Nc2ccc(F)cc2C1=NOCCN1CCCC1. The molecule has 0 saturated carbocycles. The van der Waals surface area contributed by atoms with Gasteiger partial charge in [-0.2, -0.15) is 0 Å². The largest absolute Gasteiger partial charge is 0.494 e. The second-order valence-corrected chi connectivity index (χ2v) is 7.48. The van der Waals surface area contributed by atoms with E-state index in [0.717, 1.165) is 19.6 Å². The van der Waals surface area contributed by atoms with Crippen LogP contribution in [0.3, 0.4) is 0 Å². The maximum Gasteiger partial charge on any atom is 0.199 e. The monoisotopic (exact) mass is 410 g/mol. The highest BCUT2D eigenvalue weighted by Gasteiger charge is 2.30. The Balaban J connectivity index is 1.52. The van der Waals surface area contributed by atoms with E-state index < -0.39 is 11.6 Å². The third-order valence-electron chi connectivity index (χ3n) is 5.50. The fraction of sp³-hybridized carbons (Fsp3) is 0.273. The molecule has 1 saturated heterocycles. The molecule has 5 rings (SSSR count). The number of hydrogen-bond acceptors (Lipinski definition) is 5. The summed E-state index contributed by atoms with van der Waals surface area (Å²) in [6.07, 6.45) is 2.38. The Morgan fingerprint density at radius 3 is 2.70 bits per heavy atom. The highest BCUT2D eigenvalue weighted by molar-refractivity contribution is 6.58. The van der Waals surface area contributed by atoms with Gasteiger partial charge in [0.15, 0.2) is 5.88 Å². The van der Waals surface area contributed by atoms with Gasteiger partial charge in [0.1, 0.15) is 29.7 Å². The summed E-state index contributed by atoms with van der Waals surface area (Å²) in [5.41, 5.74) is 2.47. The topological polar surface area (TPSA) is 73.2 Å². The van der Waals surface area contributed by atoms with Crippen molar-refractivity contribution < 1.29 is 18.7 Å². The number of benzene rings is 2. The van der Waals surface area contributed by atoms with Crippen molar-refractivity contribution in [2.45, 2.75) is 12.8 Å². The molecular formula is C22H20F2N4O2. The number of aromatic amines is 1. The zero-order valence-corrected chi connectivity index (χ0v) is 16.2. The van der Waals surface area contributed by atoms with Gasteiger partial charge in [0.2, 0.25) is 0 Å². The smallest absolute Gasteiger partial charge is 0.199 e. The molecule has 1 fully saturated rings. The van der Waals surface area contributed by atoms with E-state index in [1.165, 1.54) is 37.1 Å². The normalized spacial score (nSPS) is 17.7. The van der Waals surface area contributed by atoms with Gasteiger partial charge in [-0.1, -0.05) is 5.16 Å². The molecule has 0 unspecified atom stereocenters. The maximum absolute atomic E-state index is 13.9. The van der Waals surface area contributed by atoms with Gasteiger partial charge in [-0.25, -0.2) is 13.8 Å². The van der Waals surface area contributed by atoms with Crippen molar-refractivity contribution in [3.8, 4) is 5.88 Å². The minimum atomic E-state index is -0.440. The lowest BCUT2D eigenvalue weighted by molar-refractivity contribution is 0.119. The second-order valence-electron chi connectivity index (χ2n) is 7.48. The summed E-state index contributed by atoms with van der Waals surface area (Å²) in [7, 11) is 0. The van der Waals surface area contributed by atoms with Crippen LogP contribution >= 0.6 is 0 Å². The zero-order chi connectivity index (χ0) is 20.7. The predicted molar refractivity (Wildman–Crippen MR) is 111 cm³/mol. The van der Waals surface area contributed by atoms with Crippen LogP contribution in [0.25, 0.3) is 10.9 Å². The predicted octanol–water partition coefficient (Wildman–Crippen LogP) is 4.10. The molecule has 1 aromatic heterocycles. The first-order valence-corrected chi connectivity index (χ1v) is 9.92. The van der Waals surface area contributed by atoms with Crippen LogP contribution in [0, 0.1) is 11.6 Å². The van der Waals surface area contributed by atoms with E-state index >= 15 is 0 Å². The Hall–Kier alpha value is -3.26. The van der Waals surface area contributed by atoms with Gasteiger partial charge in [-0.15, -0.1) is 0 Å². The Labute approximate surface area is 171 Å². The molecule has 0 radical (unpaired) electrons. The number of aliphatic imine (C=N–C) groups is 1. The maximum atomic E-state index is 13.9. The minimum Gasteiger partial charge on any atom is -0.494 e. The third-order valence-corrected chi connectivity index (χ3v) is 5.50. The van der Waals surface area contributed by atoms with Crippen molar-refractivity contribution in [3.63, 3.8) is 0 Å². The standard InChI is InChI=1S/C22H20F2N4O2/c23-13-3-5-17-15(11-13)19(22(29)26-17)21-20(16-12-14(24)4-6-18(16)25-21)27-30-10-9-28-7-1-2-8-28/h3-6,11-12,26,29H,1-2,7-10H2. The summed E-state index contributed by atoms with van der Waals surface area (Å²) < 4.78 is 27.8. The van der Waals surface area contributed by atoms with Crippen LogP contribution in [0.4, 0.5) is 14.5 Å². The summed E-state index contributed by atoms with van der Waals surface area (Å²) in [5.74, 6) is -1.03. The van der Waals surface area contributed by atoms with Crippen LogP contribution in [0.5, 0.6) is 5.88 Å². The Morgan fingerprint density at radius 1 is 1.10 bits per heavy atom. The molecule has 0 atom stereocenters. The lowest BCUT2D eigenvalue weighted by Gasteiger charge is -2.13. The van der Waals surface area contributed by atoms with Gasteiger partial charge in [0.05, 0.1) is 11.3 Å². The van der Waals surface area contributed by atoms with E-state index in [1.54, 1.807) is 12.1 Å². The van der Waals surface area contributed by atoms with Crippen molar-refractivity contribution in [3.05, 3.63) is 59.2 Å². The van der Waals surface area contributed by atoms with Crippen molar-refractivity contribution in [2.24, 2.45) is 10.1 Å². The van der Waals surface area contributed by atoms with Gasteiger partial charge in [0.25, 0.3) is 0 Å². The molecule has 8 heteroatoms. The van der Waals surface area contributed by atoms with Crippen LogP contribution in [0.2, 0.25) is 0 Å². The summed E-state index contributed by atoms with van der Waals surface area (Å²) in [5, 5.41) is 15.2. The van der Waals surface area contributed by atoms with Crippen LogP contribution in [-0.2, 0) is 4.84 Å². The lowest BCUT2D eigenvalue weighted by Crippen LogP contribution is -2.23. The fourth-order valence-corrected chi connectivity index (χ4v) is 4.04. The van der Waals surface area contributed by atoms with Crippen LogP contribution in [0.15, 0.2) is 46.5 Å². The van der Waals surface area contributed by atoms with E-state index in [4.69, 9.17) is 4.84 Å². The molecule has 154 valence electrons. The molecule has 0 bridgehead atoms. The quantitative estimate of drug-likeness (QED) is 0.491. The van der Waals surface area contributed by atoms with Gasteiger partial charge in [-0.3, -0.25) is 4.90 Å². The molecule has 2 aliphatic heterocycles. The van der Waals surface area contributed by atoms with Gasteiger partial charge >= 0.3 is 0 Å². The molecule has 2 N–H and O–H groups in total. The third kappa shape index (κ3) is 3.33. The number of aromatic nitrogens is 1. The summed E-state index contributed by atoms with van der Waals surface area (Å²) >= 11 is 0. The van der Waals surface area contributed by atoms with E-state index in [2.05, 4.69) is 20.0 Å². The summed E-state index contributed by atoms with van der Waals surface area (Å²) in [4.78, 5) is 15.2. The van der Waals surface area contributed by atoms with E-state index in [9.17, 15) is 13.9 Å². The van der Waals surface area contributed by atoms with Crippen LogP contribution in [0.1, 0.15) is 24.0 Å². The second kappa shape index (κ2) is 7.53. The average molecular weight is 410 g/mol. The van der Waals surface area contributed by atoms with Crippen molar-refractivity contribution in [1.82, 2.24) is 9.88 Å². The van der Waals surface area contributed by atoms with Gasteiger partial charge in [-0.05, 0) is 62.3 Å². The van der Waals surface area contributed by atoms with Crippen LogP contribution in [-0.4, -0.2) is 52.7 Å². The Kier molecular flexibility index (Phi) is 4.71. The number of nitrogens with zero attached hydrogens (tertiary/aromatic N) is 3. The summed E-state index contributed by atoms with van der Waals surface area (Å²) in [6.45, 7) is 3.24. The van der Waals surface area contributed by atoms with Crippen molar-refractivity contribution in [1.29, 1.82) is 0 Å². The fourth-order valence-electron chi connectivity index (χ4n) is 4.04. The van der Waals surface area contributed by atoms with Crippen molar-refractivity contribution in [2.75, 3.05) is 26.2 Å². The van der Waals surface area contributed by atoms with E-state index in [1.807, 2.05) is 0 Å². The minimum absolute atomic E-state index is 0.160. The molecule has 6 nitrogen and oxygen atoms in total. The number of likely N-dealkylation sites (tertiary alicyclic amines) is 1. The summed E-state index contributed by atoms with van der Waals surface area (Å²) in [6, 6.07) is 8.36. The number of fused-ring (bicyclic) bond motifs is 2. The molecule has 3 aromatic rings. The molecule has 0 aliphatic carbocycles. The first-order valence-electron chi connectivity index (χ1n) is 9.92. The Morgan fingerprint density at radius 2 is 1.87 bits per heavy atom. The van der Waals surface area contributed by atoms with Gasteiger partial charge in [0, 0.05) is 23.0 Å². The zero-order valence-electron chi connectivity index (χ0n) is 16.2. The first kappa shape index (κ1) is 18.7. The number of nitrogens with one attached hydrogen (secondary N) is 1. The number of halogens is 2. The number of oxime groups is 1. The van der Waals surface area contributed by atoms with E-state index in [-0.39, 0.29) is 5.88 Å². The molecular weight excluding hydrogens is 390 g/mol. The number of H-pyrrole nitrogens is 1. The molecule has 3 heterocycles. The molecule has 2 aromatic carbocycles. The first-order chi connectivity index (χ1) is 14.6. The Bertz CT molecular complexity index is 1180. The van der Waals surface area contributed by atoms with Crippen LogP contribution < -0.4 is 0 Å². The molecule has 30 heavy (non-hydrogen) atoms. The van der Waals surface area contributed by atoms with Gasteiger partial charge < -0.3 is 14.9 Å². The van der Waals surface area contributed by atoms with E-state index in [0.29, 0.717) is 45.7 Å². The lowest BCUT2D eigenvalue weighted by atomic mass is 10.0. The average Bonchev–Trinajstić information content (AvgIpc) is 3.42. The van der Waals surface area contributed by atoms with Crippen molar-refractivity contribution >= 4 is 28.0 Å². The molecule has 2 aliphatic rings. The highest BCUT2D eigenvalue weighted by Crippen LogP contribution is 2.36. The molecule has 0 amide bonds. The highest BCUT2D eigenvalue weighted by atomic mass is 19.1. The number of rotatable bonds is 5. The number of aromatic hydroxyl groups is 1.